The Morgan fingerprint density at radius 1 is 1.09 bits per heavy atom. The van der Waals surface area contributed by atoms with Gasteiger partial charge in [0.15, 0.2) is 5.78 Å². The van der Waals surface area contributed by atoms with E-state index in [1.165, 1.54) is 0 Å². The fourth-order valence-corrected chi connectivity index (χ4v) is 2.02. The van der Waals surface area contributed by atoms with Gasteiger partial charge in [0.1, 0.15) is 0 Å². The van der Waals surface area contributed by atoms with E-state index in [-0.39, 0.29) is 17.5 Å². The van der Waals surface area contributed by atoms with Crippen LogP contribution in [0, 0.1) is 0 Å². The number of hydrogen-bond donors (Lipinski definition) is 1. The van der Waals surface area contributed by atoms with Crippen molar-refractivity contribution >= 4 is 17.4 Å². The van der Waals surface area contributed by atoms with Gasteiger partial charge in [-0.15, -0.1) is 0 Å². The molecular formula is C18H19NO3. The first-order valence-corrected chi connectivity index (χ1v) is 7.23. The Labute approximate surface area is 129 Å². The van der Waals surface area contributed by atoms with Crippen molar-refractivity contribution in [3.05, 3.63) is 65.2 Å². The first-order valence-electron chi connectivity index (χ1n) is 7.23. The molecule has 2 aromatic carbocycles. The van der Waals surface area contributed by atoms with E-state index >= 15 is 0 Å². The third kappa shape index (κ3) is 3.52. The van der Waals surface area contributed by atoms with E-state index in [2.05, 4.69) is 0 Å². The number of nitrogens with two attached hydrogens (primary N) is 1. The highest BCUT2D eigenvalue weighted by atomic mass is 16.5. The Balaban J connectivity index is 2.36. The lowest BCUT2D eigenvalue weighted by Gasteiger charge is -2.13. The van der Waals surface area contributed by atoms with E-state index in [1.54, 1.807) is 48.5 Å². The number of benzene rings is 2. The van der Waals surface area contributed by atoms with Gasteiger partial charge >= 0.3 is 5.97 Å². The highest BCUT2D eigenvalue weighted by molar-refractivity contribution is 6.14. The molecule has 1 atom stereocenters. The van der Waals surface area contributed by atoms with Crippen molar-refractivity contribution in [2.24, 2.45) is 0 Å². The maximum atomic E-state index is 12.6. The van der Waals surface area contributed by atoms with Crippen molar-refractivity contribution in [1.82, 2.24) is 0 Å². The van der Waals surface area contributed by atoms with Gasteiger partial charge in [-0.2, -0.15) is 0 Å². The summed E-state index contributed by atoms with van der Waals surface area (Å²) >= 11 is 0. The van der Waals surface area contributed by atoms with E-state index in [0.29, 0.717) is 16.8 Å². The molecule has 2 aromatic rings. The fourth-order valence-electron chi connectivity index (χ4n) is 2.02. The van der Waals surface area contributed by atoms with E-state index in [1.807, 2.05) is 13.8 Å². The third-order valence-electron chi connectivity index (χ3n) is 3.42. The molecule has 0 heterocycles. The Morgan fingerprint density at radius 3 is 2.41 bits per heavy atom. The van der Waals surface area contributed by atoms with Crippen molar-refractivity contribution in [2.75, 3.05) is 5.73 Å². The van der Waals surface area contributed by atoms with Crippen LogP contribution in [0.5, 0.6) is 0 Å². The summed E-state index contributed by atoms with van der Waals surface area (Å²) < 4.78 is 5.32. The quantitative estimate of drug-likeness (QED) is 0.521. The molecule has 4 nitrogen and oxygen atoms in total. The Kier molecular flexibility index (Phi) is 4.94. The fraction of sp³-hybridized carbons (Fsp3) is 0.222. The normalized spacial score (nSPS) is 11.7. The maximum absolute atomic E-state index is 12.6. The van der Waals surface area contributed by atoms with E-state index in [0.717, 1.165) is 6.42 Å². The zero-order valence-corrected chi connectivity index (χ0v) is 12.7. The molecule has 0 aromatic heterocycles. The molecule has 0 aliphatic rings. The zero-order chi connectivity index (χ0) is 16.1. The molecule has 0 bridgehead atoms. The second-order valence-electron chi connectivity index (χ2n) is 5.12. The molecule has 1 unspecified atom stereocenters. The molecule has 2 rings (SSSR count). The van der Waals surface area contributed by atoms with Gasteiger partial charge < -0.3 is 10.5 Å². The number of ether oxygens (including phenoxy) is 1. The first-order chi connectivity index (χ1) is 10.5. The van der Waals surface area contributed by atoms with Crippen LogP contribution < -0.4 is 5.73 Å². The minimum absolute atomic E-state index is 0.192. The zero-order valence-electron chi connectivity index (χ0n) is 12.7. The molecule has 0 aliphatic carbocycles. The Bertz CT molecular complexity index is 694. The average molecular weight is 297 g/mol. The number of esters is 1. The lowest BCUT2D eigenvalue weighted by atomic mass is 9.98. The predicted octanol–water partition coefficient (Wildman–Crippen LogP) is 3.46. The van der Waals surface area contributed by atoms with Gasteiger partial charge in [-0.1, -0.05) is 37.3 Å². The van der Waals surface area contributed by atoms with Crippen LogP contribution in [-0.4, -0.2) is 17.9 Å². The van der Waals surface area contributed by atoms with Gasteiger partial charge in [0.2, 0.25) is 0 Å². The predicted molar refractivity (Wildman–Crippen MR) is 85.9 cm³/mol. The smallest absolute Gasteiger partial charge is 0.339 e. The van der Waals surface area contributed by atoms with E-state index in [9.17, 15) is 9.59 Å². The topological polar surface area (TPSA) is 69.4 Å². The second-order valence-corrected chi connectivity index (χ2v) is 5.12. The highest BCUT2D eigenvalue weighted by Crippen LogP contribution is 2.18. The molecule has 4 heteroatoms. The van der Waals surface area contributed by atoms with Crippen molar-refractivity contribution < 1.29 is 14.3 Å². The number of nitrogen functional groups attached to an aromatic ring is 1. The molecule has 0 radical (unpaired) electrons. The summed E-state index contributed by atoms with van der Waals surface area (Å²) in [7, 11) is 0. The van der Waals surface area contributed by atoms with Crippen molar-refractivity contribution in [3.8, 4) is 0 Å². The molecule has 0 aliphatic heterocycles. The largest absolute Gasteiger partial charge is 0.459 e. The van der Waals surface area contributed by atoms with Crippen LogP contribution in [-0.2, 0) is 4.74 Å². The molecule has 22 heavy (non-hydrogen) atoms. The number of hydrogen-bond acceptors (Lipinski definition) is 4. The van der Waals surface area contributed by atoms with Crippen LogP contribution in [0.2, 0.25) is 0 Å². The minimum atomic E-state index is -0.484. The van der Waals surface area contributed by atoms with Crippen LogP contribution in [0.3, 0.4) is 0 Å². The molecule has 0 spiro atoms. The van der Waals surface area contributed by atoms with Gasteiger partial charge in [0.25, 0.3) is 0 Å². The summed E-state index contributed by atoms with van der Waals surface area (Å²) in [6.07, 6.45) is 0.528. The lowest BCUT2D eigenvalue weighted by Crippen LogP contribution is -2.17. The highest BCUT2D eigenvalue weighted by Gasteiger charge is 2.20. The van der Waals surface area contributed by atoms with E-state index < -0.39 is 5.97 Å². The SMILES string of the molecule is CCC(C)OC(=O)c1ccccc1C(=O)c1cccc(N)c1. The van der Waals surface area contributed by atoms with Gasteiger partial charge in [-0.3, -0.25) is 4.79 Å². The summed E-state index contributed by atoms with van der Waals surface area (Å²) in [6, 6.07) is 13.4. The number of rotatable bonds is 5. The second kappa shape index (κ2) is 6.89. The standard InChI is InChI=1S/C18H19NO3/c1-3-12(2)22-18(21)16-10-5-4-9-15(16)17(20)13-7-6-8-14(19)11-13/h4-12H,3,19H2,1-2H3. The maximum Gasteiger partial charge on any atom is 0.339 e. The summed E-state index contributed by atoms with van der Waals surface area (Å²) in [5.74, 6) is -0.730. The number of carbonyl (C=O) groups is 2. The number of ketones is 1. The summed E-state index contributed by atoms with van der Waals surface area (Å²) in [5.41, 5.74) is 7.26. The van der Waals surface area contributed by atoms with Crippen molar-refractivity contribution in [1.29, 1.82) is 0 Å². The van der Waals surface area contributed by atoms with Gasteiger partial charge in [0.05, 0.1) is 11.7 Å². The molecule has 0 amide bonds. The van der Waals surface area contributed by atoms with Gasteiger partial charge in [-0.25, -0.2) is 4.79 Å². The van der Waals surface area contributed by atoms with Crippen LogP contribution in [0.15, 0.2) is 48.5 Å². The molecule has 0 fully saturated rings. The lowest BCUT2D eigenvalue weighted by molar-refractivity contribution is 0.0332. The Hall–Kier alpha value is -2.62. The van der Waals surface area contributed by atoms with Crippen LogP contribution in [0.4, 0.5) is 5.69 Å². The van der Waals surface area contributed by atoms with Gasteiger partial charge in [-0.05, 0) is 31.5 Å². The van der Waals surface area contributed by atoms with Crippen molar-refractivity contribution in [3.63, 3.8) is 0 Å². The summed E-state index contributed by atoms with van der Waals surface area (Å²) in [5, 5.41) is 0. The monoisotopic (exact) mass is 297 g/mol. The number of anilines is 1. The third-order valence-corrected chi connectivity index (χ3v) is 3.42. The minimum Gasteiger partial charge on any atom is -0.459 e. The first kappa shape index (κ1) is 15.8. The van der Waals surface area contributed by atoms with Gasteiger partial charge in [0, 0.05) is 16.8 Å². The van der Waals surface area contributed by atoms with Crippen LogP contribution in [0.25, 0.3) is 0 Å². The van der Waals surface area contributed by atoms with Crippen molar-refractivity contribution in [2.45, 2.75) is 26.4 Å². The summed E-state index contributed by atoms with van der Waals surface area (Å²) in [4.78, 5) is 24.9. The van der Waals surface area contributed by atoms with Crippen LogP contribution in [0.1, 0.15) is 46.5 Å². The number of carbonyl (C=O) groups excluding carboxylic acids is 2. The summed E-state index contributed by atoms with van der Waals surface area (Å²) in [6.45, 7) is 3.75. The molecule has 0 saturated heterocycles. The molecule has 2 N–H and O–H groups in total. The van der Waals surface area contributed by atoms with Crippen LogP contribution >= 0.6 is 0 Å². The molecule has 0 saturated carbocycles. The average Bonchev–Trinajstić information content (AvgIpc) is 2.54. The Morgan fingerprint density at radius 2 is 1.77 bits per heavy atom. The van der Waals surface area contributed by atoms with E-state index in [4.69, 9.17) is 10.5 Å². The molecule has 114 valence electrons. The molecular weight excluding hydrogens is 278 g/mol.